The fourth-order valence-electron chi connectivity index (χ4n) is 2.53. The summed E-state index contributed by atoms with van der Waals surface area (Å²) < 4.78 is 0. The first kappa shape index (κ1) is 14.4. The lowest BCUT2D eigenvalue weighted by Crippen LogP contribution is -2.34. The van der Waals surface area contributed by atoms with Gasteiger partial charge in [-0.05, 0) is 18.4 Å². The molecule has 3 nitrogen and oxygen atoms in total. The summed E-state index contributed by atoms with van der Waals surface area (Å²) in [4.78, 5) is 23.3. The van der Waals surface area contributed by atoms with Crippen LogP contribution in [0.4, 0.5) is 0 Å². The van der Waals surface area contributed by atoms with Crippen molar-refractivity contribution in [3.8, 4) is 0 Å². The minimum absolute atomic E-state index is 0.244. The molecule has 1 aromatic carbocycles. The van der Waals surface area contributed by atoms with E-state index in [1.807, 2.05) is 30.4 Å². The van der Waals surface area contributed by atoms with Crippen molar-refractivity contribution < 1.29 is 14.7 Å². The zero-order valence-corrected chi connectivity index (χ0v) is 11.2. The second kappa shape index (κ2) is 6.44. The van der Waals surface area contributed by atoms with Crippen molar-refractivity contribution in [3.05, 3.63) is 60.2 Å². The molecule has 2 unspecified atom stereocenters. The molecule has 0 spiro atoms. The Morgan fingerprint density at radius 3 is 2.65 bits per heavy atom. The molecule has 0 heterocycles. The van der Waals surface area contributed by atoms with E-state index in [1.54, 1.807) is 24.3 Å². The summed E-state index contributed by atoms with van der Waals surface area (Å²) in [6, 6.07) is 8.89. The van der Waals surface area contributed by atoms with E-state index in [0.717, 1.165) is 6.29 Å². The molecule has 0 bridgehead atoms. The summed E-state index contributed by atoms with van der Waals surface area (Å²) in [6.07, 6.45) is 8.33. The predicted octanol–water partition coefficient (Wildman–Crippen LogP) is 2.77. The standard InChI is InChI=1S/C17H18O3/c18-13-7-12-17(10-5-2-6-11-17)16(20)15(19)14-8-3-1-4-9-14/h1-6,8-10,13,15,19H,7,11-12H2. The number of benzene rings is 1. The Morgan fingerprint density at radius 2 is 2.05 bits per heavy atom. The van der Waals surface area contributed by atoms with Crippen molar-refractivity contribution in [2.24, 2.45) is 5.41 Å². The van der Waals surface area contributed by atoms with Gasteiger partial charge in [0.25, 0.3) is 0 Å². The third-order valence-electron chi connectivity index (χ3n) is 3.71. The molecule has 20 heavy (non-hydrogen) atoms. The Morgan fingerprint density at radius 1 is 1.30 bits per heavy atom. The van der Waals surface area contributed by atoms with Crippen LogP contribution in [0.2, 0.25) is 0 Å². The maximum atomic E-state index is 12.7. The number of ketones is 1. The lowest BCUT2D eigenvalue weighted by atomic mass is 9.72. The first-order valence-corrected chi connectivity index (χ1v) is 6.75. The molecule has 3 heteroatoms. The van der Waals surface area contributed by atoms with E-state index in [2.05, 4.69) is 0 Å². The molecule has 0 radical (unpaired) electrons. The summed E-state index contributed by atoms with van der Waals surface area (Å²) in [5, 5.41) is 10.3. The van der Waals surface area contributed by atoms with Gasteiger partial charge in [0, 0.05) is 6.42 Å². The number of aldehydes is 1. The zero-order valence-electron chi connectivity index (χ0n) is 11.2. The van der Waals surface area contributed by atoms with E-state index < -0.39 is 11.5 Å². The molecule has 0 saturated carbocycles. The molecule has 1 aromatic rings. The topological polar surface area (TPSA) is 54.4 Å². The van der Waals surface area contributed by atoms with Crippen molar-refractivity contribution >= 4 is 12.1 Å². The van der Waals surface area contributed by atoms with Crippen LogP contribution >= 0.6 is 0 Å². The van der Waals surface area contributed by atoms with Crippen LogP contribution in [-0.4, -0.2) is 17.2 Å². The SMILES string of the molecule is O=CCCC1(C(=O)C(O)c2ccccc2)C=CC=CC1. The Hall–Kier alpha value is -2.00. The summed E-state index contributed by atoms with van der Waals surface area (Å²) >= 11 is 0. The predicted molar refractivity (Wildman–Crippen MR) is 77.0 cm³/mol. The number of aliphatic hydroxyl groups excluding tert-OH is 1. The Bertz CT molecular complexity index is 530. The van der Waals surface area contributed by atoms with Gasteiger partial charge in [0.15, 0.2) is 5.78 Å². The summed E-state index contributed by atoms with van der Waals surface area (Å²) in [5.74, 6) is -0.244. The van der Waals surface area contributed by atoms with E-state index in [9.17, 15) is 14.7 Å². The first-order chi connectivity index (χ1) is 9.69. The molecule has 1 aliphatic rings. The average molecular weight is 270 g/mol. The van der Waals surface area contributed by atoms with E-state index in [0.29, 0.717) is 24.8 Å². The lowest BCUT2D eigenvalue weighted by Gasteiger charge is -2.31. The van der Waals surface area contributed by atoms with E-state index in [-0.39, 0.29) is 5.78 Å². The van der Waals surface area contributed by atoms with Gasteiger partial charge in [-0.15, -0.1) is 0 Å². The number of hydrogen-bond donors (Lipinski definition) is 1. The smallest absolute Gasteiger partial charge is 0.176 e. The zero-order chi connectivity index (χ0) is 14.4. The Balaban J connectivity index is 2.25. The normalized spacial score (nSPS) is 22.4. The molecular weight excluding hydrogens is 252 g/mol. The minimum Gasteiger partial charge on any atom is -0.381 e. The summed E-state index contributed by atoms with van der Waals surface area (Å²) in [6.45, 7) is 0. The van der Waals surface area contributed by atoms with Crippen molar-refractivity contribution in [2.75, 3.05) is 0 Å². The van der Waals surface area contributed by atoms with Crippen LogP contribution < -0.4 is 0 Å². The molecule has 1 aliphatic carbocycles. The van der Waals surface area contributed by atoms with E-state index in [1.165, 1.54) is 0 Å². The lowest BCUT2D eigenvalue weighted by molar-refractivity contribution is -0.135. The van der Waals surface area contributed by atoms with Crippen molar-refractivity contribution in [1.82, 2.24) is 0 Å². The molecule has 2 rings (SSSR count). The van der Waals surface area contributed by atoms with Gasteiger partial charge < -0.3 is 9.90 Å². The van der Waals surface area contributed by atoms with Crippen molar-refractivity contribution in [1.29, 1.82) is 0 Å². The van der Waals surface area contributed by atoms with Crippen LogP contribution in [0.3, 0.4) is 0 Å². The molecule has 0 saturated heterocycles. The Kier molecular flexibility index (Phi) is 4.64. The van der Waals surface area contributed by atoms with Gasteiger partial charge in [-0.2, -0.15) is 0 Å². The van der Waals surface area contributed by atoms with Crippen LogP contribution in [0.25, 0.3) is 0 Å². The first-order valence-electron chi connectivity index (χ1n) is 6.75. The van der Waals surface area contributed by atoms with Crippen molar-refractivity contribution in [3.63, 3.8) is 0 Å². The highest BCUT2D eigenvalue weighted by Crippen LogP contribution is 2.38. The maximum Gasteiger partial charge on any atom is 0.176 e. The number of carbonyl (C=O) groups is 2. The van der Waals surface area contributed by atoms with Crippen LogP contribution in [0.1, 0.15) is 30.9 Å². The van der Waals surface area contributed by atoms with E-state index in [4.69, 9.17) is 0 Å². The number of carbonyl (C=O) groups excluding carboxylic acids is 2. The molecule has 0 fully saturated rings. The monoisotopic (exact) mass is 270 g/mol. The maximum absolute atomic E-state index is 12.7. The van der Waals surface area contributed by atoms with Gasteiger partial charge >= 0.3 is 0 Å². The van der Waals surface area contributed by atoms with Gasteiger partial charge in [-0.3, -0.25) is 4.79 Å². The summed E-state index contributed by atoms with van der Waals surface area (Å²) in [7, 11) is 0. The highest BCUT2D eigenvalue weighted by molar-refractivity contribution is 5.92. The fraction of sp³-hybridized carbons (Fsp3) is 0.294. The van der Waals surface area contributed by atoms with Gasteiger partial charge in [0.1, 0.15) is 12.4 Å². The molecule has 0 aliphatic heterocycles. The second-order valence-corrected chi connectivity index (χ2v) is 5.03. The third kappa shape index (κ3) is 2.94. The highest BCUT2D eigenvalue weighted by Gasteiger charge is 2.39. The van der Waals surface area contributed by atoms with Gasteiger partial charge in [0.05, 0.1) is 5.41 Å². The van der Waals surface area contributed by atoms with Gasteiger partial charge in [-0.25, -0.2) is 0 Å². The minimum atomic E-state index is -1.15. The summed E-state index contributed by atoms with van der Waals surface area (Å²) in [5.41, 5.74) is -0.184. The van der Waals surface area contributed by atoms with Crippen molar-refractivity contribution in [2.45, 2.75) is 25.4 Å². The van der Waals surface area contributed by atoms with Crippen LogP contribution in [-0.2, 0) is 9.59 Å². The molecule has 104 valence electrons. The van der Waals surface area contributed by atoms with E-state index >= 15 is 0 Å². The van der Waals surface area contributed by atoms with Crippen LogP contribution in [0.15, 0.2) is 54.6 Å². The van der Waals surface area contributed by atoms with Crippen LogP contribution in [0.5, 0.6) is 0 Å². The highest BCUT2D eigenvalue weighted by atomic mass is 16.3. The quantitative estimate of drug-likeness (QED) is 0.809. The molecule has 0 amide bonds. The number of allylic oxidation sites excluding steroid dienone is 4. The fourth-order valence-corrected chi connectivity index (χ4v) is 2.53. The van der Waals surface area contributed by atoms with Gasteiger partial charge in [-0.1, -0.05) is 54.6 Å². The number of hydrogen-bond acceptors (Lipinski definition) is 3. The molecular formula is C17H18O3. The second-order valence-electron chi connectivity index (χ2n) is 5.03. The molecule has 0 aromatic heterocycles. The number of Topliss-reactive ketones (excluding diaryl/α,β-unsaturated/α-hetero) is 1. The van der Waals surface area contributed by atoms with Gasteiger partial charge in [0.2, 0.25) is 0 Å². The van der Waals surface area contributed by atoms with Crippen LogP contribution in [0, 0.1) is 5.41 Å². The molecule has 2 atom stereocenters. The third-order valence-corrected chi connectivity index (χ3v) is 3.71. The molecule has 1 N–H and O–H groups in total. The largest absolute Gasteiger partial charge is 0.381 e. The number of aliphatic hydroxyl groups is 1. The Labute approximate surface area is 118 Å². The number of rotatable bonds is 6. The average Bonchev–Trinajstić information content (AvgIpc) is 2.53.